The van der Waals surface area contributed by atoms with Crippen molar-refractivity contribution in [3.8, 4) is 5.75 Å². The topological polar surface area (TPSA) is 75.6 Å². The fourth-order valence-corrected chi connectivity index (χ4v) is 1.76. The van der Waals surface area contributed by atoms with Crippen molar-refractivity contribution in [2.75, 3.05) is 6.61 Å². The number of carboxylic acids is 1. The number of aryl methyl sites for hydroxylation is 1. The Morgan fingerprint density at radius 1 is 1.35 bits per heavy atom. The van der Waals surface area contributed by atoms with Gasteiger partial charge in [-0.1, -0.05) is 38.0 Å². The van der Waals surface area contributed by atoms with Crippen molar-refractivity contribution in [1.82, 2.24) is 5.32 Å². The van der Waals surface area contributed by atoms with Gasteiger partial charge in [-0.05, 0) is 25.0 Å². The molecule has 1 atom stereocenters. The summed E-state index contributed by atoms with van der Waals surface area (Å²) in [5.41, 5.74) is 0.932. The molecule has 0 fully saturated rings. The maximum absolute atomic E-state index is 11.7. The Balaban J connectivity index is 2.46. The van der Waals surface area contributed by atoms with Gasteiger partial charge in [-0.3, -0.25) is 4.79 Å². The maximum Gasteiger partial charge on any atom is 0.326 e. The summed E-state index contributed by atoms with van der Waals surface area (Å²) in [4.78, 5) is 22.7. The van der Waals surface area contributed by atoms with Gasteiger partial charge in [-0.15, -0.1) is 0 Å². The molecular weight excluding hydrogens is 258 g/mol. The molecule has 110 valence electrons. The highest BCUT2D eigenvalue weighted by molar-refractivity contribution is 5.84. The molecule has 0 saturated carbocycles. The minimum atomic E-state index is -1.01. The van der Waals surface area contributed by atoms with Crippen LogP contribution in [-0.4, -0.2) is 29.6 Å². The van der Waals surface area contributed by atoms with Gasteiger partial charge in [0.15, 0.2) is 6.61 Å². The Kier molecular flexibility index (Phi) is 6.56. The third-order valence-electron chi connectivity index (χ3n) is 2.93. The number of para-hydroxylation sites is 1. The molecule has 0 aromatic heterocycles. The lowest BCUT2D eigenvalue weighted by Gasteiger charge is -2.15. The van der Waals surface area contributed by atoms with Crippen LogP contribution in [0.2, 0.25) is 0 Å². The number of carboxylic acid groups (broad SMARTS) is 1. The summed E-state index contributed by atoms with van der Waals surface area (Å²) < 4.78 is 5.38. The third-order valence-corrected chi connectivity index (χ3v) is 2.93. The summed E-state index contributed by atoms with van der Waals surface area (Å²) >= 11 is 0. The monoisotopic (exact) mass is 279 g/mol. The van der Waals surface area contributed by atoms with Gasteiger partial charge in [0, 0.05) is 0 Å². The summed E-state index contributed by atoms with van der Waals surface area (Å²) in [6.45, 7) is 3.68. The summed E-state index contributed by atoms with van der Waals surface area (Å²) in [5, 5.41) is 11.5. The van der Waals surface area contributed by atoms with Gasteiger partial charge < -0.3 is 15.2 Å². The zero-order valence-corrected chi connectivity index (χ0v) is 11.9. The molecule has 0 heterocycles. The van der Waals surface area contributed by atoms with E-state index >= 15 is 0 Å². The Bertz CT molecular complexity index is 459. The Labute approximate surface area is 118 Å². The fourth-order valence-electron chi connectivity index (χ4n) is 1.76. The molecule has 5 heteroatoms. The van der Waals surface area contributed by atoms with Gasteiger partial charge in [0.25, 0.3) is 5.91 Å². The standard InChI is InChI=1S/C15H21NO4/c1-3-4-8-12(15(18)19)16-14(17)10-20-13-9-6-5-7-11(13)2/h5-7,9,12H,3-4,8,10H2,1-2H3,(H,16,17)(H,18,19). The summed E-state index contributed by atoms with van der Waals surface area (Å²) in [5.74, 6) is -0.803. The van der Waals surface area contributed by atoms with Crippen LogP contribution in [0.5, 0.6) is 5.75 Å². The van der Waals surface area contributed by atoms with Crippen LogP contribution in [0, 0.1) is 6.92 Å². The molecule has 0 radical (unpaired) electrons. The molecular formula is C15H21NO4. The van der Waals surface area contributed by atoms with E-state index in [-0.39, 0.29) is 6.61 Å². The predicted octanol–water partition coefficient (Wildman–Crippen LogP) is 2.13. The highest BCUT2D eigenvalue weighted by Gasteiger charge is 2.19. The second kappa shape index (κ2) is 8.19. The van der Waals surface area contributed by atoms with E-state index in [0.29, 0.717) is 12.2 Å². The van der Waals surface area contributed by atoms with Crippen LogP contribution >= 0.6 is 0 Å². The molecule has 0 aliphatic heterocycles. The number of amides is 1. The van der Waals surface area contributed by atoms with Crippen molar-refractivity contribution >= 4 is 11.9 Å². The van der Waals surface area contributed by atoms with Gasteiger partial charge in [0.2, 0.25) is 0 Å². The summed E-state index contributed by atoms with van der Waals surface area (Å²) in [6, 6.07) is 6.51. The van der Waals surface area contributed by atoms with Gasteiger partial charge in [-0.25, -0.2) is 4.79 Å². The third kappa shape index (κ3) is 5.30. The number of rotatable bonds is 8. The molecule has 1 unspecified atom stereocenters. The first-order valence-corrected chi connectivity index (χ1v) is 6.75. The summed E-state index contributed by atoms with van der Waals surface area (Å²) in [7, 11) is 0. The van der Waals surface area contributed by atoms with Crippen LogP contribution in [0.4, 0.5) is 0 Å². The van der Waals surface area contributed by atoms with E-state index in [4.69, 9.17) is 9.84 Å². The van der Waals surface area contributed by atoms with Crippen molar-refractivity contribution in [3.05, 3.63) is 29.8 Å². The molecule has 1 amide bonds. The number of ether oxygens (including phenoxy) is 1. The lowest BCUT2D eigenvalue weighted by atomic mass is 10.1. The minimum Gasteiger partial charge on any atom is -0.484 e. The van der Waals surface area contributed by atoms with Crippen LogP contribution in [0.3, 0.4) is 0 Å². The average molecular weight is 279 g/mol. The van der Waals surface area contributed by atoms with Crippen molar-refractivity contribution in [1.29, 1.82) is 0 Å². The van der Waals surface area contributed by atoms with E-state index in [1.54, 1.807) is 6.07 Å². The second-order valence-corrected chi connectivity index (χ2v) is 4.65. The Morgan fingerprint density at radius 2 is 2.05 bits per heavy atom. The molecule has 0 bridgehead atoms. The van der Waals surface area contributed by atoms with Crippen LogP contribution in [-0.2, 0) is 9.59 Å². The molecule has 0 aliphatic carbocycles. The normalized spacial score (nSPS) is 11.7. The van der Waals surface area contributed by atoms with E-state index < -0.39 is 17.9 Å². The quantitative estimate of drug-likeness (QED) is 0.764. The molecule has 0 spiro atoms. The van der Waals surface area contributed by atoms with E-state index in [1.807, 2.05) is 32.0 Å². The smallest absolute Gasteiger partial charge is 0.326 e. The highest BCUT2D eigenvalue weighted by atomic mass is 16.5. The first-order chi connectivity index (χ1) is 9.54. The molecule has 0 saturated heterocycles. The lowest BCUT2D eigenvalue weighted by Crippen LogP contribution is -2.42. The Morgan fingerprint density at radius 3 is 2.65 bits per heavy atom. The van der Waals surface area contributed by atoms with Crippen molar-refractivity contribution in [2.45, 2.75) is 39.2 Å². The molecule has 0 aliphatic rings. The molecule has 20 heavy (non-hydrogen) atoms. The fraction of sp³-hybridized carbons (Fsp3) is 0.467. The number of carbonyl (C=O) groups is 2. The molecule has 1 rings (SSSR count). The highest BCUT2D eigenvalue weighted by Crippen LogP contribution is 2.15. The van der Waals surface area contributed by atoms with Gasteiger partial charge in [0.1, 0.15) is 11.8 Å². The molecule has 5 nitrogen and oxygen atoms in total. The lowest BCUT2D eigenvalue weighted by molar-refractivity contribution is -0.142. The number of hydrogen-bond donors (Lipinski definition) is 2. The average Bonchev–Trinajstić information content (AvgIpc) is 2.42. The van der Waals surface area contributed by atoms with Gasteiger partial charge in [-0.2, -0.15) is 0 Å². The zero-order valence-electron chi connectivity index (χ0n) is 11.9. The van der Waals surface area contributed by atoms with Crippen molar-refractivity contribution in [3.63, 3.8) is 0 Å². The number of benzene rings is 1. The van der Waals surface area contributed by atoms with Crippen LogP contribution in [0.25, 0.3) is 0 Å². The predicted molar refractivity (Wildman–Crippen MR) is 75.8 cm³/mol. The summed E-state index contributed by atoms with van der Waals surface area (Å²) in [6.07, 6.45) is 2.08. The molecule has 2 N–H and O–H groups in total. The number of hydrogen-bond acceptors (Lipinski definition) is 3. The van der Waals surface area contributed by atoms with Gasteiger partial charge in [0.05, 0.1) is 0 Å². The first kappa shape index (κ1) is 16.0. The Hall–Kier alpha value is -2.04. The van der Waals surface area contributed by atoms with Crippen LogP contribution in [0.15, 0.2) is 24.3 Å². The SMILES string of the molecule is CCCCC(NC(=O)COc1ccccc1C)C(=O)O. The molecule has 1 aromatic carbocycles. The van der Waals surface area contributed by atoms with E-state index in [9.17, 15) is 9.59 Å². The number of nitrogens with one attached hydrogen (secondary N) is 1. The largest absolute Gasteiger partial charge is 0.484 e. The minimum absolute atomic E-state index is 0.180. The molecule has 1 aromatic rings. The van der Waals surface area contributed by atoms with Crippen molar-refractivity contribution < 1.29 is 19.4 Å². The number of unbranched alkanes of at least 4 members (excludes halogenated alkanes) is 1. The van der Waals surface area contributed by atoms with Crippen LogP contribution < -0.4 is 10.1 Å². The van der Waals surface area contributed by atoms with Crippen molar-refractivity contribution in [2.24, 2.45) is 0 Å². The second-order valence-electron chi connectivity index (χ2n) is 4.65. The first-order valence-electron chi connectivity index (χ1n) is 6.75. The van der Waals surface area contributed by atoms with Gasteiger partial charge >= 0.3 is 5.97 Å². The van der Waals surface area contributed by atoms with E-state index in [0.717, 1.165) is 18.4 Å². The number of aliphatic carboxylic acids is 1. The zero-order chi connectivity index (χ0) is 15.0. The maximum atomic E-state index is 11.7. The van der Waals surface area contributed by atoms with E-state index in [2.05, 4.69) is 5.32 Å². The van der Waals surface area contributed by atoms with E-state index in [1.165, 1.54) is 0 Å². The van der Waals surface area contributed by atoms with Crippen LogP contribution in [0.1, 0.15) is 31.7 Å². The number of carbonyl (C=O) groups excluding carboxylic acids is 1.